The van der Waals surface area contributed by atoms with Gasteiger partial charge in [-0.1, -0.05) is 19.1 Å². The van der Waals surface area contributed by atoms with Crippen LogP contribution in [0.4, 0.5) is 0 Å². The number of morpholine rings is 1. The summed E-state index contributed by atoms with van der Waals surface area (Å²) in [5, 5.41) is 0. The molecule has 0 saturated carbocycles. The summed E-state index contributed by atoms with van der Waals surface area (Å²) in [6, 6.07) is 8.64. The number of hydrogen-bond donors (Lipinski definition) is 1. The van der Waals surface area contributed by atoms with Crippen molar-refractivity contribution in [2.24, 2.45) is 5.73 Å². The first kappa shape index (κ1) is 16.3. The van der Waals surface area contributed by atoms with E-state index in [2.05, 4.69) is 30.9 Å². The number of benzene rings is 1. The Morgan fingerprint density at radius 1 is 1.33 bits per heavy atom. The molecule has 2 N–H and O–H groups in total. The number of hydrogen-bond acceptors (Lipinski definition) is 4. The predicted molar refractivity (Wildman–Crippen MR) is 85.6 cm³/mol. The quantitative estimate of drug-likeness (QED) is 0.875. The van der Waals surface area contributed by atoms with Crippen LogP contribution in [0.15, 0.2) is 24.3 Å². The first-order valence-electron chi connectivity index (χ1n) is 7.98. The Labute approximate surface area is 128 Å². The van der Waals surface area contributed by atoms with Gasteiger partial charge in [0.2, 0.25) is 0 Å². The van der Waals surface area contributed by atoms with Gasteiger partial charge < -0.3 is 15.2 Å². The molecule has 0 aromatic heterocycles. The Morgan fingerprint density at radius 3 is 2.67 bits per heavy atom. The molecule has 2 rings (SSSR count). The maximum absolute atomic E-state index is 6.39. The van der Waals surface area contributed by atoms with E-state index in [0.717, 1.165) is 37.4 Å². The van der Waals surface area contributed by atoms with Crippen molar-refractivity contribution >= 4 is 0 Å². The molecule has 1 heterocycles. The molecule has 1 aromatic rings. The van der Waals surface area contributed by atoms with Crippen LogP contribution in [0.25, 0.3) is 0 Å². The van der Waals surface area contributed by atoms with E-state index in [1.807, 2.05) is 19.1 Å². The largest absolute Gasteiger partial charge is 0.494 e. The van der Waals surface area contributed by atoms with E-state index in [4.69, 9.17) is 15.2 Å². The lowest BCUT2D eigenvalue weighted by molar-refractivity contribution is -0.0575. The lowest BCUT2D eigenvalue weighted by Crippen LogP contribution is -2.50. The number of ether oxygens (including phenoxy) is 2. The second-order valence-corrected chi connectivity index (χ2v) is 5.77. The highest BCUT2D eigenvalue weighted by atomic mass is 16.5. The standard InChI is InChI=1S/C17H28N2O2/c1-4-15-12-21-13(3)10-19(15)11-17(18)14-6-8-16(9-7-14)20-5-2/h6-9,13,15,17H,4-5,10-12,18H2,1-3H3. The van der Waals surface area contributed by atoms with Crippen LogP contribution in [0, 0.1) is 0 Å². The topological polar surface area (TPSA) is 47.7 Å². The zero-order chi connectivity index (χ0) is 15.2. The summed E-state index contributed by atoms with van der Waals surface area (Å²) in [7, 11) is 0. The van der Waals surface area contributed by atoms with Gasteiger partial charge in [0.25, 0.3) is 0 Å². The predicted octanol–water partition coefficient (Wildman–Crippen LogP) is 2.58. The molecule has 1 fully saturated rings. The molecule has 4 heteroatoms. The minimum Gasteiger partial charge on any atom is -0.494 e. The normalized spacial score (nSPS) is 24.8. The fourth-order valence-electron chi connectivity index (χ4n) is 2.85. The van der Waals surface area contributed by atoms with Crippen molar-refractivity contribution in [2.45, 2.75) is 45.4 Å². The number of rotatable bonds is 6. The van der Waals surface area contributed by atoms with E-state index in [9.17, 15) is 0 Å². The molecule has 0 spiro atoms. The van der Waals surface area contributed by atoms with Crippen LogP contribution in [0.5, 0.6) is 5.75 Å². The van der Waals surface area contributed by atoms with Gasteiger partial charge >= 0.3 is 0 Å². The summed E-state index contributed by atoms with van der Waals surface area (Å²) in [4.78, 5) is 2.47. The SMILES string of the molecule is CCOc1ccc(C(N)CN2CC(C)OCC2CC)cc1. The van der Waals surface area contributed by atoms with Gasteiger partial charge in [-0.05, 0) is 38.0 Å². The molecule has 3 unspecified atom stereocenters. The first-order valence-corrected chi connectivity index (χ1v) is 7.98. The monoisotopic (exact) mass is 292 g/mol. The van der Waals surface area contributed by atoms with E-state index in [-0.39, 0.29) is 6.04 Å². The molecule has 1 aliphatic rings. The Hall–Kier alpha value is -1.10. The molecule has 0 radical (unpaired) electrons. The van der Waals surface area contributed by atoms with Gasteiger partial charge in [0, 0.05) is 25.2 Å². The maximum atomic E-state index is 6.39. The average Bonchev–Trinajstić information content (AvgIpc) is 2.48. The number of nitrogens with two attached hydrogens (primary N) is 1. The average molecular weight is 292 g/mol. The summed E-state index contributed by atoms with van der Waals surface area (Å²) in [5.74, 6) is 0.903. The minimum absolute atomic E-state index is 0.0278. The fraction of sp³-hybridized carbons (Fsp3) is 0.647. The van der Waals surface area contributed by atoms with Crippen molar-refractivity contribution in [1.82, 2.24) is 4.90 Å². The van der Waals surface area contributed by atoms with E-state index in [0.29, 0.717) is 18.8 Å². The van der Waals surface area contributed by atoms with Crippen molar-refractivity contribution < 1.29 is 9.47 Å². The van der Waals surface area contributed by atoms with Gasteiger partial charge in [-0.25, -0.2) is 0 Å². The van der Waals surface area contributed by atoms with E-state index in [1.54, 1.807) is 0 Å². The van der Waals surface area contributed by atoms with Gasteiger partial charge in [0.15, 0.2) is 0 Å². The second-order valence-electron chi connectivity index (χ2n) is 5.77. The van der Waals surface area contributed by atoms with Gasteiger partial charge in [0.05, 0.1) is 19.3 Å². The van der Waals surface area contributed by atoms with Gasteiger partial charge in [-0.15, -0.1) is 0 Å². The van der Waals surface area contributed by atoms with Crippen LogP contribution in [0.1, 0.15) is 38.8 Å². The van der Waals surface area contributed by atoms with Crippen LogP contribution in [-0.2, 0) is 4.74 Å². The highest BCUT2D eigenvalue weighted by Crippen LogP contribution is 2.21. The van der Waals surface area contributed by atoms with Crippen LogP contribution in [-0.4, -0.2) is 43.3 Å². The third-order valence-electron chi connectivity index (χ3n) is 4.10. The van der Waals surface area contributed by atoms with Crippen LogP contribution in [0.3, 0.4) is 0 Å². The lowest BCUT2D eigenvalue weighted by atomic mass is 10.0. The van der Waals surface area contributed by atoms with E-state index < -0.39 is 0 Å². The molecule has 1 aromatic carbocycles. The summed E-state index contributed by atoms with van der Waals surface area (Å²) >= 11 is 0. The molecule has 0 bridgehead atoms. The molecule has 0 aliphatic carbocycles. The summed E-state index contributed by atoms with van der Waals surface area (Å²) in [6.07, 6.45) is 1.39. The second kappa shape index (κ2) is 7.78. The molecular weight excluding hydrogens is 264 g/mol. The summed E-state index contributed by atoms with van der Waals surface area (Å²) in [6.45, 7) is 9.66. The highest BCUT2D eigenvalue weighted by Gasteiger charge is 2.26. The van der Waals surface area contributed by atoms with Crippen LogP contribution < -0.4 is 10.5 Å². The van der Waals surface area contributed by atoms with Crippen molar-refractivity contribution in [3.8, 4) is 5.75 Å². The maximum Gasteiger partial charge on any atom is 0.119 e. The Kier molecular flexibility index (Phi) is 6.03. The molecule has 118 valence electrons. The molecular formula is C17H28N2O2. The summed E-state index contributed by atoms with van der Waals surface area (Å²) in [5.41, 5.74) is 7.55. The van der Waals surface area contributed by atoms with Crippen molar-refractivity contribution in [2.75, 3.05) is 26.3 Å². The third-order valence-corrected chi connectivity index (χ3v) is 4.10. The zero-order valence-electron chi connectivity index (χ0n) is 13.4. The van der Waals surface area contributed by atoms with Crippen molar-refractivity contribution in [1.29, 1.82) is 0 Å². The van der Waals surface area contributed by atoms with Gasteiger partial charge in [-0.3, -0.25) is 4.90 Å². The minimum atomic E-state index is 0.0278. The lowest BCUT2D eigenvalue weighted by Gasteiger charge is -2.39. The van der Waals surface area contributed by atoms with Crippen molar-refractivity contribution in [3.05, 3.63) is 29.8 Å². The fourth-order valence-corrected chi connectivity index (χ4v) is 2.85. The molecule has 4 nitrogen and oxygen atoms in total. The first-order chi connectivity index (χ1) is 10.1. The molecule has 3 atom stereocenters. The van der Waals surface area contributed by atoms with Gasteiger partial charge in [0.1, 0.15) is 5.75 Å². The summed E-state index contributed by atoms with van der Waals surface area (Å²) < 4.78 is 11.2. The molecule has 0 amide bonds. The van der Waals surface area contributed by atoms with Gasteiger partial charge in [-0.2, -0.15) is 0 Å². The van der Waals surface area contributed by atoms with Crippen molar-refractivity contribution in [3.63, 3.8) is 0 Å². The number of nitrogens with zero attached hydrogens (tertiary/aromatic N) is 1. The highest BCUT2D eigenvalue weighted by molar-refractivity contribution is 5.29. The Morgan fingerprint density at radius 2 is 2.05 bits per heavy atom. The molecule has 21 heavy (non-hydrogen) atoms. The van der Waals surface area contributed by atoms with E-state index >= 15 is 0 Å². The molecule has 1 saturated heterocycles. The van der Waals surface area contributed by atoms with Crippen LogP contribution >= 0.6 is 0 Å². The van der Waals surface area contributed by atoms with Crippen LogP contribution in [0.2, 0.25) is 0 Å². The van der Waals surface area contributed by atoms with E-state index in [1.165, 1.54) is 0 Å². The Bertz CT molecular complexity index is 421. The zero-order valence-corrected chi connectivity index (χ0v) is 13.4. The molecule has 1 aliphatic heterocycles. The third kappa shape index (κ3) is 4.43. The Balaban J connectivity index is 1.97. The smallest absolute Gasteiger partial charge is 0.119 e.